The second kappa shape index (κ2) is 14.0. The van der Waals surface area contributed by atoms with Gasteiger partial charge in [0.1, 0.15) is 17.4 Å². The predicted octanol–water partition coefficient (Wildman–Crippen LogP) is 9.25. The fourth-order valence-electron chi connectivity index (χ4n) is 5.76. The lowest BCUT2D eigenvalue weighted by Gasteiger charge is -2.25. The number of hydrogen-bond acceptors (Lipinski definition) is 3. The summed E-state index contributed by atoms with van der Waals surface area (Å²) in [6.07, 6.45) is 0.477. The predicted molar refractivity (Wildman–Crippen MR) is 175 cm³/mol. The highest BCUT2D eigenvalue weighted by Gasteiger charge is 2.26. The van der Waals surface area contributed by atoms with Gasteiger partial charge in [-0.2, -0.15) is 0 Å². The molecular formula is C38H30ClF2NO4. The summed E-state index contributed by atoms with van der Waals surface area (Å²) in [6, 6.07) is 35.6. The summed E-state index contributed by atoms with van der Waals surface area (Å²) >= 11 is 6.56. The first-order chi connectivity index (χ1) is 22.4. The Kier molecular flexibility index (Phi) is 9.43. The Morgan fingerprint density at radius 3 is 2.11 bits per heavy atom. The molecule has 5 aromatic carbocycles. The number of benzene rings is 5. The van der Waals surface area contributed by atoms with Gasteiger partial charge in [0.15, 0.2) is 0 Å². The molecule has 1 aromatic heterocycles. The third kappa shape index (κ3) is 6.81. The highest BCUT2D eigenvalue weighted by molar-refractivity contribution is 6.31. The molecule has 0 saturated heterocycles. The normalized spacial score (nSPS) is 11.3. The number of aromatic carboxylic acids is 1. The summed E-state index contributed by atoms with van der Waals surface area (Å²) in [7, 11) is 0. The maximum Gasteiger partial charge on any atom is 0.335 e. The average Bonchev–Trinajstić information content (AvgIpc) is 3.35. The van der Waals surface area contributed by atoms with Crippen molar-refractivity contribution in [2.45, 2.75) is 25.7 Å². The van der Waals surface area contributed by atoms with E-state index in [2.05, 4.69) is 28.8 Å². The van der Waals surface area contributed by atoms with Gasteiger partial charge in [0, 0.05) is 39.7 Å². The zero-order chi connectivity index (χ0) is 32.0. The van der Waals surface area contributed by atoms with Gasteiger partial charge >= 0.3 is 5.97 Å². The number of fused-ring (bicyclic) bond motifs is 1. The van der Waals surface area contributed by atoms with Crippen LogP contribution in [0.25, 0.3) is 10.9 Å². The first-order valence-electron chi connectivity index (χ1n) is 14.8. The van der Waals surface area contributed by atoms with Gasteiger partial charge in [0.25, 0.3) is 0 Å². The van der Waals surface area contributed by atoms with E-state index < -0.39 is 17.6 Å². The molecule has 6 rings (SSSR count). The molecule has 0 spiro atoms. The molecule has 0 unspecified atom stereocenters. The van der Waals surface area contributed by atoms with Crippen LogP contribution in [0.5, 0.6) is 5.75 Å². The van der Waals surface area contributed by atoms with E-state index in [4.69, 9.17) is 21.1 Å². The first kappa shape index (κ1) is 31.0. The molecule has 8 heteroatoms. The summed E-state index contributed by atoms with van der Waals surface area (Å²) in [5.74, 6) is -1.77. The van der Waals surface area contributed by atoms with E-state index in [1.54, 1.807) is 12.1 Å². The maximum absolute atomic E-state index is 14.5. The summed E-state index contributed by atoms with van der Waals surface area (Å²) < 4.78 is 42.6. The molecule has 0 aliphatic heterocycles. The van der Waals surface area contributed by atoms with Crippen molar-refractivity contribution in [2.24, 2.45) is 0 Å². The van der Waals surface area contributed by atoms with Crippen molar-refractivity contribution in [2.75, 3.05) is 6.61 Å². The van der Waals surface area contributed by atoms with E-state index in [0.29, 0.717) is 23.8 Å². The largest absolute Gasteiger partial charge is 0.493 e. The van der Waals surface area contributed by atoms with Gasteiger partial charge in [0.05, 0.1) is 31.4 Å². The fraction of sp³-hybridized carbons (Fsp3) is 0.132. The molecule has 46 heavy (non-hydrogen) atoms. The maximum atomic E-state index is 14.5. The molecule has 0 bridgehead atoms. The number of aromatic nitrogens is 1. The smallest absolute Gasteiger partial charge is 0.335 e. The molecule has 5 nitrogen and oxygen atoms in total. The lowest BCUT2D eigenvalue weighted by atomic mass is 9.98. The van der Waals surface area contributed by atoms with Crippen molar-refractivity contribution in [3.8, 4) is 5.75 Å². The molecule has 0 atom stereocenters. The molecule has 6 aromatic rings. The van der Waals surface area contributed by atoms with Crippen LogP contribution in [0.3, 0.4) is 0 Å². The molecule has 0 saturated carbocycles. The molecular weight excluding hydrogens is 608 g/mol. The summed E-state index contributed by atoms with van der Waals surface area (Å²) in [4.78, 5) is 11.3. The molecule has 1 heterocycles. The topological polar surface area (TPSA) is 60.7 Å². The van der Waals surface area contributed by atoms with E-state index in [1.807, 2.05) is 54.6 Å². The first-order valence-corrected chi connectivity index (χ1v) is 15.2. The minimum Gasteiger partial charge on any atom is -0.493 e. The van der Waals surface area contributed by atoms with Crippen molar-refractivity contribution < 1.29 is 28.2 Å². The van der Waals surface area contributed by atoms with Gasteiger partial charge in [-0.1, -0.05) is 78.3 Å². The Morgan fingerprint density at radius 2 is 1.48 bits per heavy atom. The van der Waals surface area contributed by atoms with Crippen LogP contribution < -0.4 is 4.74 Å². The number of carboxylic acids is 1. The quantitative estimate of drug-likeness (QED) is 0.145. The number of carbonyl (C=O) groups is 1. The Balaban J connectivity index is 1.43. The van der Waals surface area contributed by atoms with Crippen molar-refractivity contribution in [3.63, 3.8) is 0 Å². The van der Waals surface area contributed by atoms with Crippen molar-refractivity contribution in [3.05, 3.63) is 171 Å². The van der Waals surface area contributed by atoms with Gasteiger partial charge in [-0.3, -0.25) is 0 Å². The second-order valence-corrected chi connectivity index (χ2v) is 11.3. The van der Waals surface area contributed by atoms with Gasteiger partial charge in [0.2, 0.25) is 0 Å². The average molecular weight is 638 g/mol. The Labute approximate surface area is 270 Å². The van der Waals surface area contributed by atoms with E-state index >= 15 is 0 Å². The molecule has 1 N–H and O–H groups in total. The monoisotopic (exact) mass is 637 g/mol. The fourth-order valence-corrected chi connectivity index (χ4v) is 5.93. The number of rotatable bonds is 12. The summed E-state index contributed by atoms with van der Waals surface area (Å²) in [5, 5.41) is 10.7. The van der Waals surface area contributed by atoms with E-state index in [1.165, 1.54) is 24.3 Å². The zero-order valence-electron chi connectivity index (χ0n) is 24.7. The van der Waals surface area contributed by atoms with Crippen molar-refractivity contribution in [1.29, 1.82) is 0 Å². The van der Waals surface area contributed by atoms with Crippen LogP contribution in [0, 0.1) is 11.6 Å². The summed E-state index contributed by atoms with van der Waals surface area (Å²) in [5.41, 5.74) is 5.31. The molecule has 0 amide bonds. The van der Waals surface area contributed by atoms with Crippen LogP contribution in [0.15, 0.2) is 121 Å². The van der Waals surface area contributed by atoms with Gasteiger partial charge in [-0.25, -0.2) is 13.6 Å². The Morgan fingerprint density at radius 1 is 0.804 bits per heavy atom. The number of ether oxygens (including phenoxy) is 2. The van der Waals surface area contributed by atoms with Crippen molar-refractivity contribution >= 4 is 28.5 Å². The zero-order valence-corrected chi connectivity index (χ0v) is 25.5. The molecule has 0 fully saturated rings. The minimum atomic E-state index is -1.01. The SMILES string of the molecule is O=C(O)c1ccc(OCCc2c(COCc3ccc(F)cc3F)n(C(c3ccccc3)c3ccccc3)c3ccc(Cl)cc23)cc1. The minimum absolute atomic E-state index is 0.0540. The highest BCUT2D eigenvalue weighted by Crippen LogP contribution is 2.38. The Hall–Kier alpha value is -4.98. The van der Waals surface area contributed by atoms with Gasteiger partial charge < -0.3 is 19.1 Å². The third-order valence-corrected chi connectivity index (χ3v) is 8.14. The summed E-state index contributed by atoms with van der Waals surface area (Å²) in [6.45, 7) is 0.364. The van der Waals surface area contributed by atoms with Crippen LogP contribution in [-0.4, -0.2) is 22.2 Å². The van der Waals surface area contributed by atoms with Crippen LogP contribution in [-0.2, 0) is 24.4 Å². The number of carboxylic acid groups (broad SMARTS) is 1. The van der Waals surface area contributed by atoms with Crippen LogP contribution in [0.1, 0.15) is 44.3 Å². The van der Waals surface area contributed by atoms with Gasteiger partial charge in [-0.05, 0) is 65.2 Å². The van der Waals surface area contributed by atoms with Crippen LogP contribution in [0.2, 0.25) is 5.02 Å². The standard InChI is InChI=1S/C38H30ClF2NO4/c39-29-14-18-35-33(21-29)32(19-20-46-31-16-12-27(13-17-31)38(43)44)36(24-45-23-28-11-15-30(40)22-34(28)41)42(35)37(25-7-3-1-4-8-25)26-9-5-2-6-10-26/h1-18,21-22,37H,19-20,23-24H2,(H,43,44). The number of halogens is 3. The third-order valence-electron chi connectivity index (χ3n) is 7.90. The van der Waals surface area contributed by atoms with E-state index in [0.717, 1.165) is 39.4 Å². The highest BCUT2D eigenvalue weighted by atomic mass is 35.5. The van der Waals surface area contributed by atoms with Crippen molar-refractivity contribution in [1.82, 2.24) is 4.57 Å². The lowest BCUT2D eigenvalue weighted by Crippen LogP contribution is -2.17. The lowest BCUT2D eigenvalue weighted by molar-refractivity contribution is 0.0697. The number of hydrogen-bond donors (Lipinski definition) is 1. The number of nitrogens with zero attached hydrogens (tertiary/aromatic N) is 1. The van der Waals surface area contributed by atoms with E-state index in [-0.39, 0.29) is 30.4 Å². The van der Waals surface area contributed by atoms with Crippen LogP contribution >= 0.6 is 11.6 Å². The molecule has 0 aliphatic rings. The molecule has 232 valence electrons. The molecule has 0 aliphatic carbocycles. The van der Waals surface area contributed by atoms with Gasteiger partial charge in [-0.15, -0.1) is 0 Å². The molecule has 0 radical (unpaired) electrons. The second-order valence-electron chi connectivity index (χ2n) is 10.8. The van der Waals surface area contributed by atoms with Crippen LogP contribution in [0.4, 0.5) is 8.78 Å². The Bertz CT molecular complexity index is 1920. The van der Waals surface area contributed by atoms with E-state index in [9.17, 15) is 18.7 Å².